The fourth-order valence-corrected chi connectivity index (χ4v) is 3.97. The molecule has 0 N–H and O–H groups in total. The van der Waals surface area contributed by atoms with E-state index in [2.05, 4.69) is 13.8 Å². The van der Waals surface area contributed by atoms with E-state index in [1.165, 1.54) is 25.6 Å². The molecule has 1 heteroatoms. The van der Waals surface area contributed by atoms with Crippen LogP contribution in [-0.4, -0.2) is 6.71 Å². The van der Waals surface area contributed by atoms with Crippen molar-refractivity contribution in [3.8, 4) is 0 Å². The minimum atomic E-state index is 1.03. The van der Waals surface area contributed by atoms with Crippen molar-refractivity contribution in [2.75, 3.05) is 0 Å². The van der Waals surface area contributed by atoms with Gasteiger partial charge in [-0.1, -0.05) is 39.2 Å². The van der Waals surface area contributed by atoms with Crippen LogP contribution in [0.2, 0.25) is 19.0 Å². The summed E-state index contributed by atoms with van der Waals surface area (Å²) in [6, 6.07) is 0. The second-order valence-corrected chi connectivity index (χ2v) is 5.67. The van der Waals surface area contributed by atoms with Gasteiger partial charge in [-0.15, -0.1) is 0 Å². The predicted molar refractivity (Wildman–Crippen MR) is 60.5 cm³/mol. The van der Waals surface area contributed by atoms with Crippen molar-refractivity contribution in [2.45, 2.75) is 58.5 Å². The molecule has 1 aliphatic carbocycles. The van der Waals surface area contributed by atoms with E-state index in [4.69, 9.17) is 0 Å². The first-order chi connectivity index (χ1) is 6.28. The molecule has 2 aliphatic rings. The van der Waals surface area contributed by atoms with Crippen LogP contribution in [0, 0.1) is 17.8 Å². The lowest BCUT2D eigenvalue weighted by Crippen LogP contribution is -2.33. The first kappa shape index (κ1) is 9.61. The molecule has 1 saturated carbocycles. The van der Waals surface area contributed by atoms with Crippen LogP contribution in [0.15, 0.2) is 0 Å². The number of fused-ring (bicyclic) bond motifs is 2. The first-order valence-electron chi connectivity index (χ1n) is 6.28. The average Bonchev–Trinajstić information content (AvgIpc) is 2.01. The Morgan fingerprint density at radius 2 is 1.69 bits per heavy atom. The third-order valence-electron chi connectivity index (χ3n) is 4.17. The van der Waals surface area contributed by atoms with Crippen molar-refractivity contribution in [3.63, 3.8) is 0 Å². The highest BCUT2D eigenvalue weighted by atomic mass is 14.3. The standard InChI is InChI=1S/C12H23B/c1-3-4-13-8-11-5-10(2)6-12(7-11)9-13/h10-12H,3-9H2,1-2H3. The van der Waals surface area contributed by atoms with Gasteiger partial charge in [-0.2, -0.15) is 0 Å². The van der Waals surface area contributed by atoms with Gasteiger partial charge in [0.25, 0.3) is 0 Å². The fraction of sp³-hybridized carbons (Fsp3) is 1.00. The topological polar surface area (TPSA) is 0 Å². The third-order valence-corrected chi connectivity index (χ3v) is 4.17. The van der Waals surface area contributed by atoms with Gasteiger partial charge in [0, 0.05) is 0 Å². The molecule has 2 fully saturated rings. The molecule has 2 atom stereocenters. The molecule has 0 aromatic carbocycles. The Hall–Kier alpha value is 0.0649. The van der Waals surface area contributed by atoms with Crippen LogP contribution in [0.3, 0.4) is 0 Å². The zero-order valence-corrected chi connectivity index (χ0v) is 9.26. The minimum absolute atomic E-state index is 1.03. The average molecular weight is 178 g/mol. The minimum Gasteiger partial charge on any atom is -0.0744 e. The smallest absolute Gasteiger partial charge is 0.0744 e. The second-order valence-electron chi connectivity index (χ2n) is 5.67. The van der Waals surface area contributed by atoms with Crippen LogP contribution in [0.4, 0.5) is 0 Å². The summed E-state index contributed by atoms with van der Waals surface area (Å²) in [5.41, 5.74) is 0. The highest BCUT2D eigenvalue weighted by Gasteiger charge is 2.35. The molecule has 0 spiro atoms. The van der Waals surface area contributed by atoms with Gasteiger partial charge in [-0.05, 0) is 37.0 Å². The van der Waals surface area contributed by atoms with E-state index in [1.807, 2.05) is 0 Å². The summed E-state index contributed by atoms with van der Waals surface area (Å²) in [6.07, 6.45) is 10.7. The van der Waals surface area contributed by atoms with Gasteiger partial charge in [0.05, 0.1) is 0 Å². The zero-order valence-electron chi connectivity index (χ0n) is 9.26. The Bertz CT molecular complexity index is 149. The molecule has 1 heterocycles. The highest BCUT2D eigenvalue weighted by molar-refractivity contribution is 6.59. The fourth-order valence-electron chi connectivity index (χ4n) is 3.97. The van der Waals surface area contributed by atoms with Gasteiger partial charge < -0.3 is 0 Å². The van der Waals surface area contributed by atoms with E-state index in [9.17, 15) is 0 Å². The van der Waals surface area contributed by atoms with Gasteiger partial charge in [0.1, 0.15) is 6.71 Å². The van der Waals surface area contributed by atoms with Crippen LogP contribution in [0.1, 0.15) is 39.5 Å². The summed E-state index contributed by atoms with van der Waals surface area (Å²) in [7, 11) is 0. The molecule has 0 amide bonds. The van der Waals surface area contributed by atoms with Crippen LogP contribution < -0.4 is 0 Å². The Morgan fingerprint density at radius 1 is 1.08 bits per heavy atom. The molecule has 0 nitrogen and oxygen atoms in total. The van der Waals surface area contributed by atoms with Crippen LogP contribution in [0.5, 0.6) is 0 Å². The summed E-state index contributed by atoms with van der Waals surface area (Å²) < 4.78 is 0. The monoisotopic (exact) mass is 178 g/mol. The molecule has 2 rings (SSSR count). The van der Waals surface area contributed by atoms with Gasteiger partial charge in [-0.25, -0.2) is 0 Å². The van der Waals surface area contributed by atoms with Gasteiger partial charge in [0.2, 0.25) is 0 Å². The Kier molecular flexibility index (Phi) is 3.01. The van der Waals surface area contributed by atoms with Gasteiger partial charge in [-0.3, -0.25) is 0 Å². The van der Waals surface area contributed by atoms with Crippen LogP contribution >= 0.6 is 0 Å². The largest absolute Gasteiger partial charge is 0.140 e. The molecule has 2 unspecified atom stereocenters. The summed E-state index contributed by atoms with van der Waals surface area (Å²) in [5, 5.41) is 0. The molecule has 0 radical (unpaired) electrons. The van der Waals surface area contributed by atoms with Crippen molar-refractivity contribution in [3.05, 3.63) is 0 Å². The molecule has 74 valence electrons. The second kappa shape index (κ2) is 4.06. The van der Waals surface area contributed by atoms with E-state index in [-0.39, 0.29) is 0 Å². The lowest BCUT2D eigenvalue weighted by atomic mass is 9.34. The number of rotatable bonds is 2. The Morgan fingerprint density at radius 3 is 2.23 bits per heavy atom. The van der Waals surface area contributed by atoms with E-state index in [0.29, 0.717) is 0 Å². The summed E-state index contributed by atoms with van der Waals surface area (Å²) >= 11 is 0. The van der Waals surface area contributed by atoms with Crippen molar-refractivity contribution in [2.24, 2.45) is 17.8 Å². The normalized spacial score (nSPS) is 39.2. The quantitative estimate of drug-likeness (QED) is 0.561. The van der Waals surface area contributed by atoms with Crippen LogP contribution in [-0.2, 0) is 0 Å². The maximum Gasteiger partial charge on any atom is 0.140 e. The van der Waals surface area contributed by atoms with Crippen molar-refractivity contribution < 1.29 is 0 Å². The molecule has 1 saturated heterocycles. The lowest BCUT2D eigenvalue weighted by molar-refractivity contribution is 0.218. The predicted octanol–water partition coefficient (Wildman–Crippen LogP) is 3.96. The molecule has 2 bridgehead atoms. The van der Waals surface area contributed by atoms with Gasteiger partial charge in [0.15, 0.2) is 0 Å². The van der Waals surface area contributed by atoms with Crippen molar-refractivity contribution in [1.82, 2.24) is 0 Å². The molecule has 1 aliphatic heterocycles. The Balaban J connectivity index is 1.90. The molecular formula is C12H23B. The van der Waals surface area contributed by atoms with E-state index in [1.54, 1.807) is 19.1 Å². The lowest BCUT2D eigenvalue weighted by Gasteiger charge is -2.40. The summed E-state index contributed by atoms with van der Waals surface area (Å²) in [4.78, 5) is 0. The maximum absolute atomic E-state index is 2.46. The van der Waals surface area contributed by atoms with E-state index < -0.39 is 0 Å². The molecular weight excluding hydrogens is 155 g/mol. The van der Waals surface area contributed by atoms with Crippen molar-refractivity contribution in [1.29, 1.82) is 0 Å². The van der Waals surface area contributed by atoms with Crippen LogP contribution in [0.25, 0.3) is 0 Å². The summed E-state index contributed by atoms with van der Waals surface area (Å²) in [5.74, 6) is 3.25. The number of hydrogen-bond donors (Lipinski definition) is 0. The van der Waals surface area contributed by atoms with E-state index >= 15 is 0 Å². The zero-order chi connectivity index (χ0) is 9.26. The van der Waals surface area contributed by atoms with Gasteiger partial charge >= 0.3 is 0 Å². The highest BCUT2D eigenvalue weighted by Crippen LogP contribution is 2.43. The summed E-state index contributed by atoms with van der Waals surface area (Å²) in [6.45, 7) is 5.90. The maximum atomic E-state index is 2.46. The SMILES string of the molecule is CCCB1CC2CC(C)CC(C1)C2. The first-order valence-corrected chi connectivity index (χ1v) is 6.28. The van der Waals surface area contributed by atoms with Crippen molar-refractivity contribution >= 4 is 6.71 Å². The molecule has 0 aromatic rings. The number of hydrogen-bond acceptors (Lipinski definition) is 0. The third kappa shape index (κ3) is 2.30. The Labute approximate surface area is 83.6 Å². The molecule has 13 heavy (non-hydrogen) atoms. The van der Waals surface area contributed by atoms with E-state index in [0.717, 1.165) is 24.5 Å². The molecule has 0 aromatic heterocycles.